The Kier molecular flexibility index (Phi) is 3.40. The van der Waals surface area contributed by atoms with E-state index >= 15 is 0 Å². The predicted molar refractivity (Wildman–Crippen MR) is 72.4 cm³/mol. The van der Waals surface area contributed by atoms with E-state index in [1.807, 2.05) is 13.1 Å². The largest absolute Gasteiger partial charge is 0.436 e. The number of aromatic nitrogens is 3. The van der Waals surface area contributed by atoms with Gasteiger partial charge >= 0.3 is 0 Å². The third-order valence-corrected chi connectivity index (χ3v) is 3.28. The van der Waals surface area contributed by atoms with Crippen molar-refractivity contribution in [2.75, 3.05) is 0 Å². The minimum Gasteiger partial charge on any atom is -0.436 e. The van der Waals surface area contributed by atoms with Crippen molar-refractivity contribution < 1.29 is 4.74 Å². The van der Waals surface area contributed by atoms with Gasteiger partial charge in [-0.3, -0.25) is 4.68 Å². The molecule has 0 radical (unpaired) electrons. The normalized spacial score (nSPS) is 14.6. The fraction of sp³-hybridized carbons (Fsp3) is 0.385. The molecular weight excluding hydrogens is 264 g/mol. The Morgan fingerprint density at radius 3 is 3.00 bits per heavy atom. The van der Waals surface area contributed by atoms with Crippen LogP contribution in [0.5, 0.6) is 11.6 Å². The second kappa shape index (κ2) is 5.19. The Bertz CT molecular complexity index is 580. The fourth-order valence-electron chi connectivity index (χ4n) is 1.75. The van der Waals surface area contributed by atoms with Gasteiger partial charge in [-0.25, -0.2) is 4.98 Å². The van der Waals surface area contributed by atoms with Crippen LogP contribution in [0.15, 0.2) is 24.5 Å². The predicted octanol–water partition coefficient (Wildman–Crippen LogP) is 2.51. The number of nitrogens with one attached hydrogen (secondary N) is 1. The molecule has 1 aliphatic carbocycles. The molecule has 1 N–H and O–H groups in total. The first-order valence-electron chi connectivity index (χ1n) is 6.26. The first-order valence-corrected chi connectivity index (χ1v) is 6.64. The molecule has 100 valence electrons. The molecule has 6 heteroatoms. The summed E-state index contributed by atoms with van der Waals surface area (Å²) in [5.41, 5.74) is 0.815. The van der Waals surface area contributed by atoms with Gasteiger partial charge in [0.1, 0.15) is 0 Å². The molecule has 1 fully saturated rings. The smallest absolute Gasteiger partial charge is 0.219 e. The zero-order valence-electron chi connectivity index (χ0n) is 10.6. The first-order chi connectivity index (χ1) is 9.20. The van der Waals surface area contributed by atoms with Crippen LogP contribution in [0.1, 0.15) is 18.5 Å². The van der Waals surface area contributed by atoms with Crippen molar-refractivity contribution in [3.05, 3.63) is 35.2 Å². The second-order valence-corrected chi connectivity index (χ2v) is 5.09. The number of hydrogen-bond acceptors (Lipinski definition) is 4. The molecule has 19 heavy (non-hydrogen) atoms. The molecule has 0 bridgehead atoms. The Labute approximate surface area is 116 Å². The van der Waals surface area contributed by atoms with Crippen LogP contribution in [-0.4, -0.2) is 20.8 Å². The van der Waals surface area contributed by atoms with E-state index < -0.39 is 0 Å². The van der Waals surface area contributed by atoms with E-state index in [1.54, 1.807) is 23.1 Å². The maximum atomic E-state index is 6.13. The van der Waals surface area contributed by atoms with E-state index in [9.17, 15) is 0 Å². The average Bonchev–Trinajstić information content (AvgIpc) is 3.13. The number of hydrogen-bond donors (Lipinski definition) is 1. The highest BCUT2D eigenvalue weighted by atomic mass is 35.5. The lowest BCUT2D eigenvalue weighted by molar-refractivity contribution is 0.459. The molecule has 1 saturated carbocycles. The number of rotatable bonds is 5. The van der Waals surface area contributed by atoms with Gasteiger partial charge in [0, 0.05) is 25.7 Å². The monoisotopic (exact) mass is 278 g/mol. The van der Waals surface area contributed by atoms with E-state index in [2.05, 4.69) is 15.4 Å². The van der Waals surface area contributed by atoms with Gasteiger partial charge in [0.15, 0.2) is 5.75 Å². The molecule has 2 heterocycles. The fourth-order valence-corrected chi connectivity index (χ4v) is 1.92. The topological polar surface area (TPSA) is 52.0 Å². The summed E-state index contributed by atoms with van der Waals surface area (Å²) >= 11 is 6.13. The Morgan fingerprint density at radius 1 is 1.47 bits per heavy atom. The van der Waals surface area contributed by atoms with Crippen LogP contribution in [0.2, 0.25) is 5.02 Å². The summed E-state index contributed by atoms with van der Waals surface area (Å²) < 4.78 is 7.32. The first kappa shape index (κ1) is 12.4. The molecule has 1 aliphatic rings. The molecule has 0 aliphatic heterocycles. The summed E-state index contributed by atoms with van der Waals surface area (Å²) in [4.78, 5) is 4.42. The molecule has 0 spiro atoms. The minimum atomic E-state index is 0.532. The maximum absolute atomic E-state index is 6.13. The van der Waals surface area contributed by atoms with Crippen molar-refractivity contribution >= 4 is 11.6 Å². The van der Waals surface area contributed by atoms with Crippen LogP contribution < -0.4 is 10.1 Å². The molecule has 2 aromatic rings. The SMILES string of the molecule is Cn1cc(Oc2ccc(Cl)c(CNC3CC3)n2)cn1. The average molecular weight is 279 g/mol. The third-order valence-electron chi connectivity index (χ3n) is 2.93. The summed E-state index contributed by atoms with van der Waals surface area (Å²) in [6, 6.07) is 4.20. The highest BCUT2D eigenvalue weighted by molar-refractivity contribution is 6.31. The van der Waals surface area contributed by atoms with E-state index in [-0.39, 0.29) is 0 Å². The van der Waals surface area contributed by atoms with E-state index in [0.717, 1.165) is 5.69 Å². The molecule has 0 saturated heterocycles. The molecule has 0 atom stereocenters. The van der Waals surface area contributed by atoms with Gasteiger partial charge in [0.05, 0.1) is 23.1 Å². The van der Waals surface area contributed by atoms with Gasteiger partial charge in [-0.05, 0) is 18.9 Å². The number of nitrogens with zero attached hydrogens (tertiary/aromatic N) is 3. The van der Waals surface area contributed by atoms with Gasteiger partial charge in [-0.1, -0.05) is 11.6 Å². The lowest BCUT2D eigenvalue weighted by Gasteiger charge is -2.07. The zero-order valence-corrected chi connectivity index (χ0v) is 11.4. The van der Waals surface area contributed by atoms with E-state index in [0.29, 0.717) is 29.2 Å². The summed E-state index contributed by atoms with van der Waals surface area (Å²) in [6.45, 7) is 0.674. The quantitative estimate of drug-likeness (QED) is 0.913. The van der Waals surface area contributed by atoms with Crippen LogP contribution >= 0.6 is 11.6 Å². The molecule has 0 aromatic carbocycles. The van der Waals surface area contributed by atoms with Crippen molar-refractivity contribution in [1.82, 2.24) is 20.1 Å². The van der Waals surface area contributed by atoms with Crippen molar-refractivity contribution in [1.29, 1.82) is 0 Å². The van der Waals surface area contributed by atoms with E-state index in [4.69, 9.17) is 16.3 Å². The highest BCUT2D eigenvalue weighted by Crippen LogP contribution is 2.24. The molecule has 3 rings (SSSR count). The van der Waals surface area contributed by atoms with Gasteiger partial charge in [-0.2, -0.15) is 5.10 Å². The zero-order chi connectivity index (χ0) is 13.2. The maximum Gasteiger partial charge on any atom is 0.219 e. The lowest BCUT2D eigenvalue weighted by Crippen LogP contribution is -2.16. The second-order valence-electron chi connectivity index (χ2n) is 4.68. The van der Waals surface area contributed by atoms with Crippen LogP contribution in [0.25, 0.3) is 0 Å². The standard InChI is InChI=1S/C13H15ClN4O/c1-18-8-10(6-16-18)19-13-5-4-11(14)12(17-13)7-15-9-2-3-9/h4-6,8-9,15H,2-3,7H2,1H3. The summed E-state index contributed by atoms with van der Waals surface area (Å²) in [6.07, 6.45) is 5.92. The van der Waals surface area contributed by atoms with Gasteiger partial charge in [-0.15, -0.1) is 0 Å². The summed E-state index contributed by atoms with van der Waals surface area (Å²) in [5, 5.41) is 8.09. The third kappa shape index (κ3) is 3.24. The van der Waals surface area contributed by atoms with Crippen LogP contribution in [0.4, 0.5) is 0 Å². The molecule has 2 aromatic heterocycles. The van der Waals surface area contributed by atoms with Crippen molar-refractivity contribution in [3.8, 4) is 11.6 Å². The number of aryl methyl sites for hydroxylation is 1. The highest BCUT2D eigenvalue weighted by Gasteiger charge is 2.20. The van der Waals surface area contributed by atoms with Crippen LogP contribution in [0.3, 0.4) is 0 Å². The van der Waals surface area contributed by atoms with Crippen molar-refractivity contribution in [3.63, 3.8) is 0 Å². The van der Waals surface area contributed by atoms with E-state index in [1.165, 1.54) is 12.8 Å². The van der Waals surface area contributed by atoms with Crippen LogP contribution in [-0.2, 0) is 13.6 Å². The molecule has 0 amide bonds. The molecule has 0 unspecified atom stereocenters. The molecular formula is C13H15ClN4O. The van der Waals surface area contributed by atoms with Crippen molar-refractivity contribution in [2.45, 2.75) is 25.4 Å². The van der Waals surface area contributed by atoms with Gasteiger partial charge in [0.2, 0.25) is 5.88 Å². The Morgan fingerprint density at radius 2 is 2.32 bits per heavy atom. The van der Waals surface area contributed by atoms with Gasteiger partial charge in [0.25, 0.3) is 0 Å². The lowest BCUT2D eigenvalue weighted by atomic mass is 10.3. The Hall–Kier alpha value is -1.59. The van der Waals surface area contributed by atoms with Crippen LogP contribution in [0, 0.1) is 0 Å². The van der Waals surface area contributed by atoms with Crippen molar-refractivity contribution in [2.24, 2.45) is 7.05 Å². The molecule has 5 nitrogen and oxygen atoms in total. The summed E-state index contributed by atoms with van der Waals surface area (Å²) in [7, 11) is 1.84. The minimum absolute atomic E-state index is 0.532. The summed E-state index contributed by atoms with van der Waals surface area (Å²) in [5.74, 6) is 1.20. The number of pyridine rings is 1. The van der Waals surface area contributed by atoms with Gasteiger partial charge < -0.3 is 10.1 Å². The number of halogens is 1. The Balaban J connectivity index is 1.72. The number of ether oxygens (including phenoxy) is 1.